The van der Waals surface area contributed by atoms with Gasteiger partial charge in [0.2, 0.25) is 0 Å². The van der Waals surface area contributed by atoms with Crippen LogP contribution in [0.2, 0.25) is 0 Å². The van der Waals surface area contributed by atoms with Crippen LogP contribution in [-0.2, 0) is 11.2 Å². The van der Waals surface area contributed by atoms with Gasteiger partial charge in [0.25, 0.3) is 0 Å². The summed E-state index contributed by atoms with van der Waals surface area (Å²) in [5, 5.41) is 11.9. The lowest BCUT2D eigenvalue weighted by molar-refractivity contribution is -0.136. The fourth-order valence-electron chi connectivity index (χ4n) is 2.32. The Morgan fingerprint density at radius 1 is 1.44 bits per heavy atom. The number of carbonyl (C=O) groups is 1. The molecular formula is C13H17NO2. The predicted molar refractivity (Wildman–Crippen MR) is 62.4 cm³/mol. The van der Waals surface area contributed by atoms with Crippen LogP contribution in [0.3, 0.4) is 0 Å². The van der Waals surface area contributed by atoms with Crippen LogP contribution in [0.25, 0.3) is 0 Å². The maximum Gasteiger partial charge on any atom is 0.304 e. The van der Waals surface area contributed by atoms with E-state index in [2.05, 4.69) is 29.6 Å². The number of carboxylic acids is 1. The highest BCUT2D eigenvalue weighted by Crippen LogP contribution is 2.29. The van der Waals surface area contributed by atoms with Crippen molar-refractivity contribution in [3.8, 4) is 0 Å². The number of nitrogens with one attached hydrogen (secondary N) is 1. The summed E-state index contributed by atoms with van der Waals surface area (Å²) >= 11 is 0. The van der Waals surface area contributed by atoms with Crippen molar-refractivity contribution in [3.63, 3.8) is 0 Å². The molecule has 1 unspecified atom stereocenters. The highest BCUT2D eigenvalue weighted by Gasteiger charge is 2.18. The number of benzene rings is 1. The van der Waals surface area contributed by atoms with E-state index in [9.17, 15) is 4.79 Å². The Bertz CT molecular complexity index is 376. The summed E-state index contributed by atoms with van der Waals surface area (Å²) in [5.41, 5.74) is 2.75. The van der Waals surface area contributed by atoms with Gasteiger partial charge >= 0.3 is 5.97 Å². The Labute approximate surface area is 95.5 Å². The van der Waals surface area contributed by atoms with E-state index < -0.39 is 5.97 Å². The molecule has 2 rings (SSSR count). The van der Waals surface area contributed by atoms with Gasteiger partial charge in [0.15, 0.2) is 0 Å². The molecule has 16 heavy (non-hydrogen) atoms. The largest absolute Gasteiger partial charge is 0.481 e. The minimum atomic E-state index is -0.739. The fraction of sp³-hybridized carbons (Fsp3) is 0.462. The molecule has 0 aliphatic heterocycles. The molecule has 1 aromatic carbocycles. The monoisotopic (exact) mass is 219 g/mol. The predicted octanol–water partition coefficient (Wildman–Crippen LogP) is 2.13. The molecule has 1 aromatic rings. The van der Waals surface area contributed by atoms with Crippen LogP contribution in [0.15, 0.2) is 24.3 Å². The van der Waals surface area contributed by atoms with Crippen LogP contribution in [0.5, 0.6) is 0 Å². The SMILES string of the molecule is O=C(O)CCNC1CCCc2ccccc21. The number of hydrogen-bond acceptors (Lipinski definition) is 2. The Hall–Kier alpha value is -1.35. The van der Waals surface area contributed by atoms with Crippen LogP contribution >= 0.6 is 0 Å². The third-order valence-electron chi connectivity index (χ3n) is 3.10. The lowest BCUT2D eigenvalue weighted by atomic mass is 9.88. The normalized spacial score (nSPS) is 19.1. The van der Waals surface area contributed by atoms with Gasteiger partial charge in [-0.25, -0.2) is 0 Å². The van der Waals surface area contributed by atoms with E-state index in [0.717, 1.165) is 12.8 Å². The van der Waals surface area contributed by atoms with E-state index in [1.54, 1.807) is 0 Å². The van der Waals surface area contributed by atoms with Gasteiger partial charge in [-0.3, -0.25) is 4.79 Å². The first-order chi connectivity index (χ1) is 7.77. The zero-order chi connectivity index (χ0) is 11.4. The first-order valence-corrected chi connectivity index (χ1v) is 5.80. The quantitative estimate of drug-likeness (QED) is 0.815. The molecular weight excluding hydrogens is 202 g/mol. The molecule has 0 aromatic heterocycles. The minimum Gasteiger partial charge on any atom is -0.481 e. The zero-order valence-electron chi connectivity index (χ0n) is 9.28. The minimum absolute atomic E-state index is 0.193. The van der Waals surface area contributed by atoms with Crippen LogP contribution in [-0.4, -0.2) is 17.6 Å². The summed E-state index contributed by atoms with van der Waals surface area (Å²) in [6.45, 7) is 0.550. The Balaban J connectivity index is 1.99. The summed E-state index contributed by atoms with van der Waals surface area (Å²) < 4.78 is 0. The summed E-state index contributed by atoms with van der Waals surface area (Å²) in [5.74, 6) is -0.739. The van der Waals surface area contributed by atoms with Crippen molar-refractivity contribution in [1.82, 2.24) is 5.32 Å². The lowest BCUT2D eigenvalue weighted by Gasteiger charge is -2.26. The molecule has 0 radical (unpaired) electrons. The number of rotatable bonds is 4. The second-order valence-corrected chi connectivity index (χ2v) is 4.24. The second kappa shape index (κ2) is 5.12. The molecule has 2 N–H and O–H groups in total. The summed E-state index contributed by atoms with van der Waals surface area (Å²) in [6, 6.07) is 8.77. The molecule has 1 aliphatic carbocycles. The van der Waals surface area contributed by atoms with Gasteiger partial charge < -0.3 is 10.4 Å². The maximum absolute atomic E-state index is 10.4. The molecule has 3 nitrogen and oxygen atoms in total. The van der Waals surface area contributed by atoms with Crippen molar-refractivity contribution < 1.29 is 9.90 Å². The van der Waals surface area contributed by atoms with Crippen LogP contribution in [0.4, 0.5) is 0 Å². The van der Waals surface area contributed by atoms with E-state index in [1.165, 1.54) is 17.5 Å². The standard InChI is InChI=1S/C13H17NO2/c15-13(16)8-9-14-12-7-3-5-10-4-1-2-6-11(10)12/h1-2,4,6,12,14H,3,5,7-9H2,(H,15,16). The van der Waals surface area contributed by atoms with Crippen molar-refractivity contribution in [3.05, 3.63) is 35.4 Å². The molecule has 0 fully saturated rings. The van der Waals surface area contributed by atoms with Gasteiger partial charge in [-0.2, -0.15) is 0 Å². The number of aliphatic carboxylic acids is 1. The third-order valence-corrected chi connectivity index (χ3v) is 3.10. The molecule has 0 bridgehead atoms. The van der Waals surface area contributed by atoms with E-state index in [-0.39, 0.29) is 6.42 Å². The van der Waals surface area contributed by atoms with E-state index >= 15 is 0 Å². The Kier molecular flexibility index (Phi) is 3.57. The maximum atomic E-state index is 10.4. The highest BCUT2D eigenvalue weighted by molar-refractivity contribution is 5.66. The molecule has 1 atom stereocenters. The van der Waals surface area contributed by atoms with Gasteiger partial charge in [0.05, 0.1) is 6.42 Å². The van der Waals surface area contributed by atoms with Crippen molar-refractivity contribution in [2.75, 3.05) is 6.54 Å². The molecule has 0 heterocycles. The number of fused-ring (bicyclic) bond motifs is 1. The van der Waals surface area contributed by atoms with E-state index in [0.29, 0.717) is 12.6 Å². The molecule has 1 aliphatic rings. The fourth-order valence-corrected chi connectivity index (χ4v) is 2.32. The average Bonchev–Trinajstić information content (AvgIpc) is 2.29. The van der Waals surface area contributed by atoms with Crippen molar-refractivity contribution in [2.24, 2.45) is 0 Å². The van der Waals surface area contributed by atoms with E-state index in [1.807, 2.05) is 0 Å². The molecule has 0 saturated heterocycles. The molecule has 86 valence electrons. The van der Waals surface area contributed by atoms with Gasteiger partial charge in [0.1, 0.15) is 0 Å². The molecule has 0 spiro atoms. The van der Waals surface area contributed by atoms with Crippen LogP contribution < -0.4 is 5.32 Å². The van der Waals surface area contributed by atoms with Crippen LogP contribution in [0, 0.1) is 0 Å². The number of hydrogen-bond donors (Lipinski definition) is 2. The van der Waals surface area contributed by atoms with Crippen LogP contribution in [0.1, 0.15) is 36.4 Å². The van der Waals surface area contributed by atoms with Gasteiger partial charge in [0, 0.05) is 12.6 Å². The second-order valence-electron chi connectivity index (χ2n) is 4.24. The zero-order valence-corrected chi connectivity index (χ0v) is 9.28. The van der Waals surface area contributed by atoms with Gasteiger partial charge in [-0.1, -0.05) is 24.3 Å². The summed E-state index contributed by atoms with van der Waals surface area (Å²) in [7, 11) is 0. The van der Waals surface area contributed by atoms with Gasteiger partial charge in [-0.05, 0) is 30.4 Å². The number of carboxylic acid groups (broad SMARTS) is 1. The summed E-state index contributed by atoms with van der Waals surface area (Å²) in [4.78, 5) is 10.4. The topological polar surface area (TPSA) is 49.3 Å². The van der Waals surface area contributed by atoms with Crippen molar-refractivity contribution in [2.45, 2.75) is 31.7 Å². The van der Waals surface area contributed by atoms with Gasteiger partial charge in [-0.15, -0.1) is 0 Å². The third kappa shape index (κ3) is 2.61. The van der Waals surface area contributed by atoms with Crippen molar-refractivity contribution >= 4 is 5.97 Å². The lowest BCUT2D eigenvalue weighted by Crippen LogP contribution is -2.27. The highest BCUT2D eigenvalue weighted by atomic mass is 16.4. The van der Waals surface area contributed by atoms with Crippen molar-refractivity contribution in [1.29, 1.82) is 0 Å². The average molecular weight is 219 g/mol. The molecule has 0 amide bonds. The first-order valence-electron chi connectivity index (χ1n) is 5.80. The Morgan fingerprint density at radius 2 is 2.25 bits per heavy atom. The summed E-state index contributed by atoms with van der Waals surface area (Å²) in [6.07, 6.45) is 3.63. The smallest absolute Gasteiger partial charge is 0.304 e. The molecule has 3 heteroatoms. The first kappa shape index (κ1) is 11.1. The van der Waals surface area contributed by atoms with E-state index in [4.69, 9.17) is 5.11 Å². The molecule has 0 saturated carbocycles. The Morgan fingerprint density at radius 3 is 3.06 bits per heavy atom. The number of aryl methyl sites for hydroxylation is 1.